The molecule has 7 nitrogen and oxygen atoms in total. The van der Waals surface area contributed by atoms with E-state index in [0.717, 1.165) is 5.56 Å². The number of benzene rings is 2. The molecule has 0 spiro atoms. The molecule has 0 unspecified atom stereocenters. The van der Waals surface area contributed by atoms with E-state index in [1.165, 1.54) is 22.7 Å². The molecular weight excluding hydrogens is 392 g/mol. The van der Waals surface area contributed by atoms with E-state index >= 15 is 0 Å². The molecule has 1 heterocycles. The van der Waals surface area contributed by atoms with Gasteiger partial charge in [-0.3, -0.25) is 4.79 Å². The van der Waals surface area contributed by atoms with Crippen molar-refractivity contribution in [3.05, 3.63) is 83.8 Å². The van der Waals surface area contributed by atoms with E-state index in [4.69, 9.17) is 14.9 Å². The molecular formula is C21H22N2O5S. The van der Waals surface area contributed by atoms with Gasteiger partial charge in [0.15, 0.2) is 0 Å². The third-order valence-corrected chi connectivity index (χ3v) is 6.09. The Hall–Kier alpha value is -3.10. The lowest BCUT2D eigenvalue weighted by molar-refractivity contribution is 0.1000. The van der Waals surface area contributed by atoms with Crippen LogP contribution in [-0.4, -0.2) is 25.2 Å². The molecule has 152 valence electrons. The quantitative estimate of drug-likeness (QED) is 0.579. The lowest BCUT2D eigenvalue weighted by Gasteiger charge is -2.22. The molecule has 0 aliphatic heterocycles. The first-order valence-electron chi connectivity index (χ1n) is 9.04. The van der Waals surface area contributed by atoms with Gasteiger partial charge in [0.1, 0.15) is 11.5 Å². The number of hydrogen-bond donors (Lipinski definition) is 1. The predicted molar refractivity (Wildman–Crippen MR) is 108 cm³/mol. The molecule has 1 amide bonds. The second kappa shape index (κ2) is 8.93. The summed E-state index contributed by atoms with van der Waals surface area (Å²) < 4.78 is 38.6. The van der Waals surface area contributed by atoms with Gasteiger partial charge in [0, 0.05) is 12.1 Å². The number of furan rings is 1. The summed E-state index contributed by atoms with van der Waals surface area (Å²) in [6, 6.07) is 16.2. The summed E-state index contributed by atoms with van der Waals surface area (Å²) in [4.78, 5) is 11.4. The molecule has 0 saturated heterocycles. The molecule has 2 N–H and O–H groups in total. The second-order valence-electron chi connectivity index (χ2n) is 6.32. The molecule has 0 aliphatic carbocycles. The minimum absolute atomic E-state index is 0.0696. The summed E-state index contributed by atoms with van der Waals surface area (Å²) in [5.41, 5.74) is 6.35. The van der Waals surface area contributed by atoms with Crippen LogP contribution in [0.1, 0.15) is 28.6 Å². The highest BCUT2D eigenvalue weighted by Gasteiger charge is 2.26. The Bertz CT molecular complexity index is 1040. The number of nitrogens with two attached hydrogens (primary N) is 1. The zero-order valence-corrected chi connectivity index (χ0v) is 16.8. The van der Waals surface area contributed by atoms with Crippen LogP contribution in [0.4, 0.5) is 0 Å². The van der Waals surface area contributed by atoms with Crippen molar-refractivity contribution >= 4 is 15.9 Å². The molecule has 29 heavy (non-hydrogen) atoms. The van der Waals surface area contributed by atoms with Crippen molar-refractivity contribution in [2.75, 3.05) is 6.61 Å². The van der Waals surface area contributed by atoms with Crippen molar-refractivity contribution in [2.45, 2.75) is 24.9 Å². The highest BCUT2D eigenvalue weighted by atomic mass is 32.2. The number of carbonyl (C=O) groups excluding carboxylic acids is 1. The van der Waals surface area contributed by atoms with Gasteiger partial charge in [-0.1, -0.05) is 12.1 Å². The number of primary amides is 1. The first-order valence-corrected chi connectivity index (χ1v) is 10.5. The van der Waals surface area contributed by atoms with Gasteiger partial charge >= 0.3 is 0 Å². The monoisotopic (exact) mass is 414 g/mol. The summed E-state index contributed by atoms with van der Waals surface area (Å²) in [7, 11) is -3.81. The molecule has 0 saturated carbocycles. The number of rotatable bonds is 9. The summed E-state index contributed by atoms with van der Waals surface area (Å²) >= 11 is 0. The highest BCUT2D eigenvalue weighted by Crippen LogP contribution is 2.23. The molecule has 0 bridgehead atoms. The Morgan fingerprint density at radius 3 is 2.28 bits per heavy atom. The minimum atomic E-state index is -3.81. The fourth-order valence-electron chi connectivity index (χ4n) is 2.80. The smallest absolute Gasteiger partial charge is 0.248 e. The normalized spacial score (nSPS) is 11.5. The molecule has 0 fully saturated rings. The topological polar surface area (TPSA) is 103 Å². The largest absolute Gasteiger partial charge is 0.494 e. The third kappa shape index (κ3) is 5.04. The number of nitrogens with zero attached hydrogens (tertiary/aromatic N) is 1. The molecule has 1 aromatic heterocycles. The molecule has 0 aliphatic rings. The number of carbonyl (C=O) groups is 1. The maximum Gasteiger partial charge on any atom is 0.248 e. The van der Waals surface area contributed by atoms with E-state index in [1.54, 1.807) is 48.5 Å². The Morgan fingerprint density at radius 1 is 1.03 bits per heavy atom. The van der Waals surface area contributed by atoms with Crippen LogP contribution in [0.25, 0.3) is 0 Å². The van der Waals surface area contributed by atoms with Crippen molar-refractivity contribution < 1.29 is 22.4 Å². The summed E-state index contributed by atoms with van der Waals surface area (Å²) in [6.45, 7) is 2.53. The van der Waals surface area contributed by atoms with Crippen molar-refractivity contribution in [3.8, 4) is 5.75 Å². The van der Waals surface area contributed by atoms with Crippen LogP contribution >= 0.6 is 0 Å². The fraction of sp³-hybridized carbons (Fsp3) is 0.190. The number of ether oxygens (including phenoxy) is 1. The van der Waals surface area contributed by atoms with Crippen LogP contribution in [0.5, 0.6) is 5.75 Å². The van der Waals surface area contributed by atoms with Crippen LogP contribution in [0, 0.1) is 0 Å². The van der Waals surface area contributed by atoms with Gasteiger partial charge in [0.05, 0.1) is 24.3 Å². The average Bonchev–Trinajstić information content (AvgIpc) is 3.22. The number of amides is 1. The molecule has 3 rings (SSSR count). The Morgan fingerprint density at radius 2 is 1.72 bits per heavy atom. The maximum atomic E-state index is 13.3. The van der Waals surface area contributed by atoms with Gasteiger partial charge in [-0.15, -0.1) is 0 Å². The Kier molecular flexibility index (Phi) is 6.36. The highest BCUT2D eigenvalue weighted by molar-refractivity contribution is 7.89. The Balaban J connectivity index is 1.90. The molecule has 0 radical (unpaired) electrons. The summed E-state index contributed by atoms with van der Waals surface area (Å²) in [6.07, 6.45) is 1.50. The number of hydrogen-bond acceptors (Lipinski definition) is 5. The second-order valence-corrected chi connectivity index (χ2v) is 8.26. The van der Waals surface area contributed by atoms with E-state index < -0.39 is 15.9 Å². The predicted octanol–water partition coefficient (Wildman–Crippen LogP) is 3.17. The van der Waals surface area contributed by atoms with E-state index in [2.05, 4.69) is 0 Å². The summed E-state index contributed by atoms with van der Waals surface area (Å²) in [5.74, 6) is 0.588. The SMILES string of the molecule is CCOc1ccc(S(=O)(=O)N(Cc2ccc(C(N)=O)cc2)Cc2ccco2)cc1. The van der Waals surface area contributed by atoms with Gasteiger partial charge in [0.25, 0.3) is 0 Å². The first kappa shape index (κ1) is 20.6. The van der Waals surface area contributed by atoms with Crippen LogP contribution in [0.3, 0.4) is 0 Å². The van der Waals surface area contributed by atoms with Gasteiger partial charge < -0.3 is 14.9 Å². The van der Waals surface area contributed by atoms with Gasteiger partial charge in [-0.2, -0.15) is 4.31 Å². The molecule has 2 aromatic carbocycles. The van der Waals surface area contributed by atoms with Crippen LogP contribution in [0.15, 0.2) is 76.2 Å². The maximum absolute atomic E-state index is 13.3. The van der Waals surface area contributed by atoms with E-state index in [1.807, 2.05) is 6.92 Å². The van der Waals surface area contributed by atoms with Crippen LogP contribution < -0.4 is 10.5 Å². The summed E-state index contributed by atoms with van der Waals surface area (Å²) in [5, 5.41) is 0. The first-order chi connectivity index (χ1) is 13.9. The van der Waals surface area contributed by atoms with Gasteiger partial charge in [0.2, 0.25) is 15.9 Å². The molecule has 3 aromatic rings. The van der Waals surface area contributed by atoms with E-state index in [0.29, 0.717) is 23.7 Å². The third-order valence-electron chi connectivity index (χ3n) is 4.28. The lowest BCUT2D eigenvalue weighted by atomic mass is 10.1. The van der Waals surface area contributed by atoms with Crippen LogP contribution in [0.2, 0.25) is 0 Å². The zero-order chi connectivity index (χ0) is 20.9. The number of sulfonamides is 1. The molecule has 0 atom stereocenters. The van der Waals surface area contributed by atoms with E-state index in [9.17, 15) is 13.2 Å². The van der Waals surface area contributed by atoms with Crippen molar-refractivity contribution in [1.29, 1.82) is 0 Å². The van der Waals surface area contributed by atoms with Gasteiger partial charge in [-0.05, 0) is 61.0 Å². The zero-order valence-electron chi connectivity index (χ0n) is 15.9. The minimum Gasteiger partial charge on any atom is -0.494 e. The van der Waals surface area contributed by atoms with E-state index in [-0.39, 0.29) is 18.0 Å². The van der Waals surface area contributed by atoms with Crippen LogP contribution in [-0.2, 0) is 23.1 Å². The van der Waals surface area contributed by atoms with Crippen molar-refractivity contribution in [3.63, 3.8) is 0 Å². The lowest BCUT2D eigenvalue weighted by Crippen LogP contribution is -2.30. The van der Waals surface area contributed by atoms with Gasteiger partial charge in [-0.25, -0.2) is 8.42 Å². The fourth-order valence-corrected chi connectivity index (χ4v) is 4.20. The molecule has 8 heteroatoms. The van der Waals surface area contributed by atoms with Crippen molar-refractivity contribution in [1.82, 2.24) is 4.31 Å². The Labute approximate surface area is 169 Å². The van der Waals surface area contributed by atoms with Crippen molar-refractivity contribution in [2.24, 2.45) is 5.73 Å². The standard InChI is InChI=1S/C21H22N2O5S/c1-2-27-18-9-11-20(12-10-18)29(25,26)23(15-19-4-3-13-28-19)14-16-5-7-17(8-6-16)21(22)24/h3-13H,2,14-15H2,1H3,(H2,22,24). The average molecular weight is 414 g/mol.